The van der Waals surface area contributed by atoms with Gasteiger partial charge in [0.25, 0.3) is 0 Å². The first-order valence-electron chi connectivity index (χ1n) is 8.64. The fraction of sp³-hybridized carbons (Fsp3) is 0.389. The van der Waals surface area contributed by atoms with Crippen LogP contribution in [0.1, 0.15) is 12.5 Å². The highest BCUT2D eigenvalue weighted by Crippen LogP contribution is 2.11. The second kappa shape index (κ2) is 8.77. The lowest BCUT2D eigenvalue weighted by Crippen LogP contribution is -2.54. The zero-order chi connectivity index (χ0) is 18.4. The predicted octanol–water partition coefficient (Wildman–Crippen LogP) is 2.00. The van der Waals surface area contributed by atoms with Gasteiger partial charge in [0.15, 0.2) is 5.13 Å². The smallest absolute Gasteiger partial charge is 0.318 e. The molecule has 0 bridgehead atoms. The number of anilines is 1. The number of piperazine rings is 1. The maximum atomic E-state index is 12.4. The number of hydrogen-bond acceptors (Lipinski definition) is 5. The van der Waals surface area contributed by atoms with Crippen molar-refractivity contribution >= 4 is 28.4 Å². The average molecular weight is 373 g/mol. The van der Waals surface area contributed by atoms with Crippen molar-refractivity contribution in [3.05, 3.63) is 47.5 Å². The maximum Gasteiger partial charge on any atom is 0.318 e. The summed E-state index contributed by atoms with van der Waals surface area (Å²) in [5.74, 6) is -0.268. The Morgan fingerprint density at radius 2 is 1.92 bits per heavy atom. The molecule has 1 atom stereocenters. The molecule has 0 aliphatic carbocycles. The van der Waals surface area contributed by atoms with Crippen molar-refractivity contribution in [3.63, 3.8) is 0 Å². The quantitative estimate of drug-likeness (QED) is 0.840. The van der Waals surface area contributed by atoms with Crippen LogP contribution in [0.4, 0.5) is 9.93 Å². The van der Waals surface area contributed by atoms with Crippen LogP contribution < -0.4 is 10.6 Å². The summed E-state index contributed by atoms with van der Waals surface area (Å²) in [4.78, 5) is 32.6. The number of hydrogen-bond donors (Lipinski definition) is 2. The fourth-order valence-corrected chi connectivity index (χ4v) is 3.32. The van der Waals surface area contributed by atoms with Crippen molar-refractivity contribution in [2.45, 2.75) is 19.5 Å². The lowest BCUT2D eigenvalue weighted by molar-refractivity contribution is -0.117. The van der Waals surface area contributed by atoms with Crippen LogP contribution in [0.5, 0.6) is 0 Å². The second-order valence-electron chi connectivity index (χ2n) is 6.25. The summed E-state index contributed by atoms with van der Waals surface area (Å²) < 4.78 is 0. The third-order valence-corrected chi connectivity index (χ3v) is 4.99. The number of nitrogens with one attached hydrogen (secondary N) is 2. The van der Waals surface area contributed by atoms with E-state index < -0.39 is 6.04 Å². The Bertz CT molecular complexity index is 714. The van der Waals surface area contributed by atoms with E-state index in [1.54, 1.807) is 23.4 Å². The average Bonchev–Trinajstić information content (AvgIpc) is 3.16. The van der Waals surface area contributed by atoms with Crippen molar-refractivity contribution in [2.24, 2.45) is 0 Å². The van der Waals surface area contributed by atoms with Crippen LogP contribution in [0.25, 0.3) is 0 Å². The Kier molecular flexibility index (Phi) is 6.19. The highest BCUT2D eigenvalue weighted by molar-refractivity contribution is 7.13. The molecule has 7 nitrogen and oxygen atoms in total. The SMILES string of the molecule is CC(NC(=O)N1CCN(Cc2ccccc2)CC1)C(=O)Nc1nccs1. The Morgan fingerprint density at radius 3 is 2.58 bits per heavy atom. The zero-order valence-electron chi connectivity index (χ0n) is 14.7. The van der Waals surface area contributed by atoms with Gasteiger partial charge < -0.3 is 15.5 Å². The molecule has 1 aliphatic heterocycles. The molecule has 2 heterocycles. The molecular weight excluding hydrogens is 350 g/mol. The third kappa shape index (κ3) is 5.03. The van der Waals surface area contributed by atoms with Crippen molar-refractivity contribution < 1.29 is 9.59 Å². The Balaban J connectivity index is 1.42. The van der Waals surface area contributed by atoms with Gasteiger partial charge in [0.2, 0.25) is 5.91 Å². The first-order chi connectivity index (χ1) is 12.6. The molecule has 0 saturated carbocycles. The molecule has 1 aromatic heterocycles. The van der Waals surface area contributed by atoms with E-state index in [0.717, 1.165) is 19.6 Å². The number of benzene rings is 1. The Morgan fingerprint density at radius 1 is 1.19 bits per heavy atom. The molecule has 0 spiro atoms. The van der Waals surface area contributed by atoms with Gasteiger partial charge in [0, 0.05) is 44.3 Å². The van der Waals surface area contributed by atoms with E-state index in [1.807, 2.05) is 18.2 Å². The second-order valence-corrected chi connectivity index (χ2v) is 7.14. The molecule has 8 heteroatoms. The van der Waals surface area contributed by atoms with Crippen molar-refractivity contribution in [1.29, 1.82) is 0 Å². The fourth-order valence-electron chi connectivity index (χ4n) is 2.79. The minimum absolute atomic E-state index is 0.203. The van der Waals surface area contributed by atoms with E-state index in [2.05, 4.69) is 32.7 Å². The van der Waals surface area contributed by atoms with Crippen molar-refractivity contribution in [2.75, 3.05) is 31.5 Å². The molecule has 0 radical (unpaired) electrons. The summed E-state index contributed by atoms with van der Waals surface area (Å²) in [5.41, 5.74) is 1.28. The van der Waals surface area contributed by atoms with E-state index in [0.29, 0.717) is 18.2 Å². The lowest BCUT2D eigenvalue weighted by atomic mass is 10.2. The Hall–Kier alpha value is -2.45. The minimum Gasteiger partial charge on any atom is -0.326 e. The maximum absolute atomic E-state index is 12.4. The molecule has 1 aromatic carbocycles. The molecular formula is C18H23N5O2S. The number of carbonyl (C=O) groups excluding carboxylic acids is 2. The van der Waals surface area contributed by atoms with E-state index in [9.17, 15) is 9.59 Å². The topological polar surface area (TPSA) is 77.6 Å². The lowest BCUT2D eigenvalue weighted by Gasteiger charge is -2.35. The summed E-state index contributed by atoms with van der Waals surface area (Å²) >= 11 is 1.34. The summed E-state index contributed by atoms with van der Waals surface area (Å²) in [7, 11) is 0. The first-order valence-corrected chi connectivity index (χ1v) is 9.52. The molecule has 1 unspecified atom stereocenters. The van der Waals surface area contributed by atoms with Crippen LogP contribution in [0, 0.1) is 0 Å². The molecule has 1 saturated heterocycles. The van der Waals surface area contributed by atoms with Gasteiger partial charge in [0.05, 0.1) is 0 Å². The molecule has 26 heavy (non-hydrogen) atoms. The van der Waals surface area contributed by atoms with Crippen LogP contribution in [0.15, 0.2) is 41.9 Å². The molecule has 3 rings (SSSR count). The van der Waals surface area contributed by atoms with Gasteiger partial charge in [-0.1, -0.05) is 30.3 Å². The molecule has 1 aliphatic rings. The van der Waals surface area contributed by atoms with Crippen LogP contribution in [0.3, 0.4) is 0 Å². The van der Waals surface area contributed by atoms with Crippen LogP contribution in [-0.2, 0) is 11.3 Å². The van der Waals surface area contributed by atoms with Gasteiger partial charge in [-0.2, -0.15) is 0 Å². The normalized spacial score (nSPS) is 16.1. The minimum atomic E-state index is -0.617. The van der Waals surface area contributed by atoms with Gasteiger partial charge >= 0.3 is 6.03 Å². The molecule has 3 amide bonds. The van der Waals surface area contributed by atoms with E-state index in [4.69, 9.17) is 0 Å². The number of rotatable bonds is 5. The monoisotopic (exact) mass is 373 g/mol. The number of amides is 3. The summed E-state index contributed by atoms with van der Waals surface area (Å²) in [5, 5.41) is 7.77. The molecule has 138 valence electrons. The van der Waals surface area contributed by atoms with Gasteiger partial charge in [-0.15, -0.1) is 11.3 Å². The van der Waals surface area contributed by atoms with E-state index in [1.165, 1.54) is 16.9 Å². The van der Waals surface area contributed by atoms with Gasteiger partial charge in [-0.3, -0.25) is 9.69 Å². The summed E-state index contributed by atoms with van der Waals surface area (Å²) in [6.45, 7) is 5.51. The van der Waals surface area contributed by atoms with Crippen molar-refractivity contribution in [3.8, 4) is 0 Å². The number of urea groups is 1. The highest BCUT2D eigenvalue weighted by Gasteiger charge is 2.24. The predicted molar refractivity (Wildman–Crippen MR) is 102 cm³/mol. The number of carbonyl (C=O) groups is 2. The number of thiazole rings is 1. The molecule has 1 fully saturated rings. The summed E-state index contributed by atoms with van der Waals surface area (Å²) in [6.07, 6.45) is 1.62. The third-order valence-electron chi connectivity index (χ3n) is 4.30. The zero-order valence-corrected chi connectivity index (χ0v) is 15.5. The van der Waals surface area contributed by atoms with Crippen molar-refractivity contribution in [1.82, 2.24) is 20.1 Å². The van der Waals surface area contributed by atoms with Crippen LogP contribution in [0.2, 0.25) is 0 Å². The van der Waals surface area contributed by atoms with E-state index in [-0.39, 0.29) is 11.9 Å². The van der Waals surface area contributed by atoms with Gasteiger partial charge in [0.1, 0.15) is 6.04 Å². The van der Waals surface area contributed by atoms with Gasteiger partial charge in [-0.05, 0) is 12.5 Å². The van der Waals surface area contributed by atoms with Crippen LogP contribution >= 0.6 is 11.3 Å². The van der Waals surface area contributed by atoms with E-state index >= 15 is 0 Å². The highest BCUT2D eigenvalue weighted by atomic mass is 32.1. The molecule has 2 aromatic rings. The van der Waals surface area contributed by atoms with Crippen LogP contribution in [-0.4, -0.2) is 58.9 Å². The molecule has 2 N–H and O–H groups in total. The Labute approximate surface area is 157 Å². The standard InChI is InChI=1S/C18H23N5O2S/c1-14(16(24)21-17-19-7-12-26-17)20-18(25)23-10-8-22(9-11-23)13-15-5-3-2-4-6-15/h2-7,12,14H,8-11,13H2,1H3,(H,20,25)(H,19,21,24). The number of aromatic nitrogens is 1. The van der Waals surface area contributed by atoms with Gasteiger partial charge in [-0.25, -0.2) is 9.78 Å². The number of nitrogens with zero attached hydrogens (tertiary/aromatic N) is 3. The summed E-state index contributed by atoms with van der Waals surface area (Å²) in [6, 6.07) is 9.50. The first kappa shape index (κ1) is 18.3. The largest absolute Gasteiger partial charge is 0.326 e.